The van der Waals surface area contributed by atoms with E-state index in [1.54, 1.807) is 19.0 Å². The van der Waals surface area contributed by atoms with Gasteiger partial charge in [-0.15, -0.1) is 0 Å². The van der Waals surface area contributed by atoms with Gasteiger partial charge in [-0.1, -0.05) is 0 Å². The molecule has 0 atom stereocenters. The third-order valence-electron chi connectivity index (χ3n) is 3.19. The number of piperidine rings is 1. The summed E-state index contributed by atoms with van der Waals surface area (Å²) in [5.74, 6) is 0.552. The lowest BCUT2D eigenvalue weighted by Gasteiger charge is -2.32. The Labute approximate surface area is 107 Å². The van der Waals surface area contributed by atoms with E-state index in [1.807, 2.05) is 4.81 Å². The Kier molecular flexibility index (Phi) is 4.33. The summed E-state index contributed by atoms with van der Waals surface area (Å²) in [4.78, 5) is 16.6. The van der Waals surface area contributed by atoms with Crippen molar-refractivity contribution in [1.82, 2.24) is 9.79 Å². The Morgan fingerprint density at radius 1 is 1.50 bits per heavy atom. The first kappa shape index (κ1) is 13.0. The zero-order chi connectivity index (χ0) is 13.0. The molecule has 0 amide bonds. The van der Waals surface area contributed by atoms with Gasteiger partial charge in [-0.3, -0.25) is 4.79 Å². The van der Waals surface area contributed by atoms with E-state index in [9.17, 15) is 9.82 Å². The van der Waals surface area contributed by atoms with Crippen molar-refractivity contribution in [2.24, 2.45) is 0 Å². The molecule has 1 saturated heterocycles. The summed E-state index contributed by atoms with van der Waals surface area (Å²) < 4.78 is 5.75. The topological polar surface area (TPSA) is 62.7 Å². The average molecular weight is 248 g/mol. The van der Waals surface area contributed by atoms with Crippen LogP contribution in [-0.2, 0) is 0 Å². The van der Waals surface area contributed by atoms with E-state index in [0.717, 1.165) is 32.2 Å². The van der Waals surface area contributed by atoms with Gasteiger partial charge in [-0.2, -0.15) is 0 Å². The van der Waals surface area contributed by atoms with Crippen LogP contribution in [0, 0.1) is 0 Å². The molecule has 96 valence electrons. The van der Waals surface area contributed by atoms with Crippen molar-refractivity contribution in [1.29, 1.82) is 0 Å². The molecule has 0 bridgehead atoms. The fourth-order valence-electron chi connectivity index (χ4n) is 2.07. The zero-order valence-corrected chi connectivity index (χ0v) is 10.5. The van der Waals surface area contributed by atoms with Crippen molar-refractivity contribution in [3.05, 3.63) is 23.9 Å². The van der Waals surface area contributed by atoms with Gasteiger partial charge < -0.3 is 14.6 Å². The summed E-state index contributed by atoms with van der Waals surface area (Å²) in [7, 11) is -0.393. The second-order valence-corrected chi connectivity index (χ2v) is 4.53. The summed E-state index contributed by atoms with van der Waals surface area (Å²) >= 11 is 0. The molecule has 1 aliphatic heterocycles. The molecule has 2 rings (SSSR count). The molecule has 5 nitrogen and oxygen atoms in total. The van der Waals surface area contributed by atoms with Gasteiger partial charge in [0.25, 0.3) is 0 Å². The molecule has 2 heterocycles. The number of pyridine rings is 1. The van der Waals surface area contributed by atoms with Crippen molar-refractivity contribution in [2.75, 3.05) is 13.1 Å². The van der Waals surface area contributed by atoms with Crippen molar-refractivity contribution < 1.29 is 14.6 Å². The Hall–Kier alpha value is -1.40. The molecule has 0 aromatic carbocycles. The van der Waals surface area contributed by atoms with E-state index in [-0.39, 0.29) is 6.10 Å². The van der Waals surface area contributed by atoms with Gasteiger partial charge in [0.2, 0.25) is 5.88 Å². The predicted molar refractivity (Wildman–Crippen MR) is 68.7 cm³/mol. The number of hydrogen-bond donors (Lipinski definition) is 1. The van der Waals surface area contributed by atoms with E-state index >= 15 is 0 Å². The quantitative estimate of drug-likeness (QED) is 0.632. The zero-order valence-electron chi connectivity index (χ0n) is 10.5. The maximum Gasteiger partial charge on any atom is 0.376 e. The number of aldehydes is 1. The summed E-state index contributed by atoms with van der Waals surface area (Å²) in [5.41, 5.74) is 0.547. The van der Waals surface area contributed by atoms with Crippen LogP contribution in [0.15, 0.2) is 18.3 Å². The Morgan fingerprint density at radius 2 is 2.22 bits per heavy atom. The van der Waals surface area contributed by atoms with Crippen LogP contribution in [0.1, 0.15) is 23.2 Å². The second-order valence-electron chi connectivity index (χ2n) is 4.53. The molecule has 18 heavy (non-hydrogen) atoms. The maximum absolute atomic E-state index is 10.5. The van der Waals surface area contributed by atoms with Crippen molar-refractivity contribution in [3.63, 3.8) is 0 Å². The van der Waals surface area contributed by atoms with Crippen LogP contribution in [0.3, 0.4) is 0 Å². The Morgan fingerprint density at radius 3 is 2.72 bits per heavy atom. The summed E-state index contributed by atoms with van der Waals surface area (Å²) in [6, 6.07) is 3.41. The van der Waals surface area contributed by atoms with E-state index < -0.39 is 7.05 Å². The van der Waals surface area contributed by atoms with Gasteiger partial charge in [-0.05, 0) is 38.8 Å². The van der Waals surface area contributed by atoms with E-state index in [0.29, 0.717) is 11.4 Å². The number of ether oxygens (including phenoxy) is 1. The lowest BCUT2D eigenvalue weighted by molar-refractivity contribution is 0.112. The standard InChI is InChI=1S/C12H17BN2O3/c1-13(17)15-6-4-11(5-7-15)18-12-3-2-10(9-16)8-14-12/h2-3,8-9,11,17H,4-7H2,1H3. The van der Waals surface area contributed by atoms with Crippen molar-refractivity contribution >= 4 is 13.3 Å². The van der Waals surface area contributed by atoms with Crippen LogP contribution >= 0.6 is 0 Å². The highest BCUT2D eigenvalue weighted by molar-refractivity contribution is 6.45. The highest BCUT2D eigenvalue weighted by Gasteiger charge is 2.25. The number of nitrogens with zero attached hydrogens (tertiary/aromatic N) is 2. The van der Waals surface area contributed by atoms with Gasteiger partial charge in [-0.25, -0.2) is 4.98 Å². The van der Waals surface area contributed by atoms with Crippen LogP contribution in [0.25, 0.3) is 0 Å². The smallest absolute Gasteiger partial charge is 0.376 e. The minimum absolute atomic E-state index is 0.134. The predicted octanol–water partition coefficient (Wildman–Crippen LogP) is 0.848. The van der Waals surface area contributed by atoms with Gasteiger partial charge in [0.15, 0.2) is 6.29 Å². The van der Waals surface area contributed by atoms with Crippen molar-refractivity contribution in [3.8, 4) is 5.88 Å². The lowest BCUT2D eigenvalue weighted by Crippen LogP contribution is -2.45. The fraction of sp³-hybridized carbons (Fsp3) is 0.500. The summed E-state index contributed by atoms with van der Waals surface area (Å²) in [6.07, 6.45) is 4.16. The molecule has 1 aromatic heterocycles. The van der Waals surface area contributed by atoms with Crippen LogP contribution in [0.4, 0.5) is 0 Å². The minimum atomic E-state index is -0.393. The molecule has 1 aliphatic rings. The molecule has 0 unspecified atom stereocenters. The summed E-state index contributed by atoms with van der Waals surface area (Å²) in [5, 5.41) is 9.45. The molecular weight excluding hydrogens is 231 g/mol. The fourth-order valence-corrected chi connectivity index (χ4v) is 2.07. The lowest BCUT2D eigenvalue weighted by atomic mass is 9.82. The van der Waals surface area contributed by atoms with Crippen LogP contribution in [-0.4, -0.2) is 47.3 Å². The number of carbonyl (C=O) groups excluding carboxylic acids is 1. The van der Waals surface area contributed by atoms with Crippen LogP contribution in [0.2, 0.25) is 6.82 Å². The highest BCUT2D eigenvalue weighted by atomic mass is 16.5. The molecule has 1 aromatic rings. The molecule has 1 fully saturated rings. The molecule has 0 spiro atoms. The number of hydrogen-bond acceptors (Lipinski definition) is 5. The first-order valence-electron chi connectivity index (χ1n) is 6.19. The number of carbonyl (C=O) groups is 1. The second kappa shape index (κ2) is 5.97. The van der Waals surface area contributed by atoms with Gasteiger partial charge in [0.05, 0.1) is 0 Å². The molecule has 1 N–H and O–H groups in total. The molecule has 6 heteroatoms. The van der Waals surface area contributed by atoms with E-state index in [4.69, 9.17) is 4.74 Å². The number of aromatic nitrogens is 1. The van der Waals surface area contributed by atoms with Crippen LogP contribution in [0.5, 0.6) is 5.88 Å². The molecule has 0 saturated carbocycles. The number of rotatable bonds is 4. The van der Waals surface area contributed by atoms with Gasteiger partial charge in [0.1, 0.15) is 6.10 Å². The maximum atomic E-state index is 10.5. The SMILES string of the molecule is CB(O)N1CCC(Oc2ccc(C=O)cn2)CC1. The third kappa shape index (κ3) is 3.30. The first-order valence-corrected chi connectivity index (χ1v) is 6.19. The van der Waals surface area contributed by atoms with Crippen molar-refractivity contribution in [2.45, 2.75) is 25.8 Å². The largest absolute Gasteiger partial charge is 0.474 e. The average Bonchev–Trinajstić information content (AvgIpc) is 2.40. The first-order chi connectivity index (χ1) is 8.69. The van der Waals surface area contributed by atoms with Crippen LogP contribution < -0.4 is 4.74 Å². The molecule has 0 radical (unpaired) electrons. The van der Waals surface area contributed by atoms with E-state index in [1.165, 1.54) is 6.20 Å². The monoisotopic (exact) mass is 248 g/mol. The highest BCUT2D eigenvalue weighted by Crippen LogP contribution is 2.17. The Bertz CT molecular complexity index is 389. The summed E-state index contributed by atoms with van der Waals surface area (Å²) in [6.45, 7) is 3.43. The third-order valence-corrected chi connectivity index (χ3v) is 3.19. The van der Waals surface area contributed by atoms with Gasteiger partial charge in [0, 0.05) is 17.8 Å². The molecule has 0 aliphatic carbocycles. The minimum Gasteiger partial charge on any atom is -0.474 e. The van der Waals surface area contributed by atoms with Gasteiger partial charge >= 0.3 is 7.05 Å². The normalized spacial score (nSPS) is 17.4. The van der Waals surface area contributed by atoms with E-state index in [2.05, 4.69) is 4.98 Å². The Balaban J connectivity index is 1.85. The molecular formula is C12H17BN2O3.